The molecule has 1 aliphatic carbocycles. The van der Waals surface area contributed by atoms with Gasteiger partial charge in [0.25, 0.3) is 0 Å². The first-order valence-electron chi connectivity index (χ1n) is 7.77. The maximum absolute atomic E-state index is 13.4. The van der Waals surface area contributed by atoms with E-state index in [4.69, 9.17) is 0 Å². The molecule has 1 N–H and O–H groups in total. The van der Waals surface area contributed by atoms with E-state index in [0.29, 0.717) is 12.0 Å². The molecule has 1 fully saturated rings. The molecule has 1 nitrogen and oxygen atoms in total. The molecule has 3 heteroatoms. The van der Waals surface area contributed by atoms with E-state index in [0.717, 1.165) is 28.9 Å². The molecule has 1 saturated carbocycles. The third kappa shape index (κ3) is 4.29. The molecule has 0 radical (unpaired) electrons. The van der Waals surface area contributed by atoms with Crippen LogP contribution < -0.4 is 5.32 Å². The Bertz CT molecular complexity index is 435. The van der Waals surface area contributed by atoms with E-state index in [1.807, 2.05) is 6.07 Å². The lowest BCUT2D eigenvalue weighted by atomic mass is 9.77. The van der Waals surface area contributed by atoms with E-state index in [1.54, 1.807) is 6.07 Å². The maximum Gasteiger partial charge on any atom is 0.123 e. The number of nitrogens with one attached hydrogen (secondary N) is 1. The molecule has 3 unspecified atom stereocenters. The molecule has 1 aromatic rings. The smallest absolute Gasteiger partial charge is 0.123 e. The van der Waals surface area contributed by atoms with Crippen LogP contribution in [0.1, 0.15) is 45.1 Å². The molecule has 1 aromatic carbocycles. The van der Waals surface area contributed by atoms with E-state index in [-0.39, 0.29) is 5.82 Å². The first-order chi connectivity index (χ1) is 9.60. The summed E-state index contributed by atoms with van der Waals surface area (Å²) in [5.41, 5.74) is 1.08. The van der Waals surface area contributed by atoms with Crippen LogP contribution in [0.25, 0.3) is 0 Å². The Balaban J connectivity index is 2.10. The monoisotopic (exact) mass is 341 g/mol. The Kier molecular flexibility index (Phi) is 6.03. The quantitative estimate of drug-likeness (QED) is 0.800. The molecule has 0 heterocycles. The van der Waals surface area contributed by atoms with Gasteiger partial charge in [0.2, 0.25) is 0 Å². The Hall–Kier alpha value is -0.410. The molecule has 0 amide bonds. The second-order valence-electron chi connectivity index (χ2n) is 6.14. The molecular formula is C17H25BrFN. The van der Waals surface area contributed by atoms with Gasteiger partial charge in [-0.25, -0.2) is 4.39 Å². The number of halogens is 2. The van der Waals surface area contributed by atoms with E-state index >= 15 is 0 Å². The topological polar surface area (TPSA) is 12.0 Å². The molecule has 0 aliphatic heterocycles. The van der Waals surface area contributed by atoms with Crippen molar-refractivity contribution in [2.75, 3.05) is 6.54 Å². The van der Waals surface area contributed by atoms with Crippen molar-refractivity contribution in [1.82, 2.24) is 5.32 Å². The van der Waals surface area contributed by atoms with Gasteiger partial charge in [0.05, 0.1) is 0 Å². The van der Waals surface area contributed by atoms with Gasteiger partial charge in [-0.3, -0.25) is 0 Å². The first-order valence-corrected chi connectivity index (χ1v) is 8.56. The minimum atomic E-state index is -0.143. The van der Waals surface area contributed by atoms with Crippen molar-refractivity contribution in [3.05, 3.63) is 34.1 Å². The van der Waals surface area contributed by atoms with Gasteiger partial charge in [-0.05, 0) is 61.4 Å². The van der Waals surface area contributed by atoms with Gasteiger partial charge >= 0.3 is 0 Å². The van der Waals surface area contributed by atoms with Gasteiger partial charge in [0.15, 0.2) is 0 Å². The highest BCUT2D eigenvalue weighted by molar-refractivity contribution is 9.10. The maximum atomic E-state index is 13.4. The number of likely N-dealkylation sites (N-methyl/N-ethyl adjacent to an activating group) is 1. The van der Waals surface area contributed by atoms with Crippen LogP contribution in [0.5, 0.6) is 0 Å². The van der Waals surface area contributed by atoms with Crippen molar-refractivity contribution in [1.29, 1.82) is 0 Å². The SMILES string of the molecule is CCNC(Cc1cc(F)ccc1Br)C1CCCC(C)C1. The summed E-state index contributed by atoms with van der Waals surface area (Å²) in [5.74, 6) is 1.40. The largest absolute Gasteiger partial charge is 0.314 e. The summed E-state index contributed by atoms with van der Waals surface area (Å²) in [6.45, 7) is 5.48. The number of hydrogen-bond donors (Lipinski definition) is 1. The van der Waals surface area contributed by atoms with Crippen molar-refractivity contribution in [3.63, 3.8) is 0 Å². The summed E-state index contributed by atoms with van der Waals surface area (Å²) in [7, 11) is 0. The predicted molar refractivity (Wildman–Crippen MR) is 86.4 cm³/mol. The lowest BCUT2D eigenvalue weighted by Gasteiger charge is -2.34. The minimum Gasteiger partial charge on any atom is -0.314 e. The third-order valence-corrected chi connectivity index (χ3v) is 5.23. The highest BCUT2D eigenvalue weighted by atomic mass is 79.9. The van der Waals surface area contributed by atoms with Crippen LogP contribution >= 0.6 is 15.9 Å². The van der Waals surface area contributed by atoms with Crippen molar-refractivity contribution in [2.24, 2.45) is 11.8 Å². The predicted octanol–water partition coefficient (Wildman–Crippen LogP) is 4.94. The molecule has 2 rings (SSSR count). The van der Waals surface area contributed by atoms with Crippen LogP contribution in [0.3, 0.4) is 0 Å². The Morgan fingerprint density at radius 2 is 2.20 bits per heavy atom. The van der Waals surface area contributed by atoms with E-state index in [2.05, 4.69) is 35.1 Å². The summed E-state index contributed by atoms with van der Waals surface area (Å²) >= 11 is 3.55. The molecule has 20 heavy (non-hydrogen) atoms. The van der Waals surface area contributed by atoms with Crippen molar-refractivity contribution in [2.45, 2.75) is 52.0 Å². The number of benzene rings is 1. The number of rotatable bonds is 5. The molecule has 0 saturated heterocycles. The van der Waals surface area contributed by atoms with Crippen molar-refractivity contribution < 1.29 is 4.39 Å². The van der Waals surface area contributed by atoms with Gasteiger partial charge in [0, 0.05) is 10.5 Å². The fraction of sp³-hybridized carbons (Fsp3) is 0.647. The molecule has 3 atom stereocenters. The highest BCUT2D eigenvalue weighted by Crippen LogP contribution is 2.32. The van der Waals surface area contributed by atoms with Gasteiger partial charge in [-0.1, -0.05) is 42.6 Å². The Morgan fingerprint density at radius 3 is 2.90 bits per heavy atom. The van der Waals surface area contributed by atoms with E-state index in [1.165, 1.54) is 31.7 Å². The van der Waals surface area contributed by atoms with Gasteiger partial charge < -0.3 is 5.32 Å². The van der Waals surface area contributed by atoms with Crippen LogP contribution in [0, 0.1) is 17.7 Å². The zero-order valence-electron chi connectivity index (χ0n) is 12.5. The third-order valence-electron chi connectivity index (χ3n) is 4.46. The number of hydrogen-bond acceptors (Lipinski definition) is 1. The average Bonchev–Trinajstić information content (AvgIpc) is 2.42. The van der Waals surface area contributed by atoms with Crippen LogP contribution in [0.2, 0.25) is 0 Å². The normalized spacial score (nSPS) is 24.6. The first kappa shape index (κ1) is 16.0. The summed E-state index contributed by atoms with van der Waals surface area (Å²) in [4.78, 5) is 0. The average molecular weight is 342 g/mol. The molecular weight excluding hydrogens is 317 g/mol. The lowest BCUT2D eigenvalue weighted by molar-refractivity contribution is 0.222. The molecule has 0 bridgehead atoms. The van der Waals surface area contributed by atoms with Crippen molar-refractivity contribution >= 4 is 15.9 Å². The molecule has 112 valence electrons. The Labute approximate surface area is 130 Å². The van der Waals surface area contributed by atoms with Crippen molar-refractivity contribution in [3.8, 4) is 0 Å². The second kappa shape index (κ2) is 7.56. The van der Waals surface area contributed by atoms with Gasteiger partial charge in [-0.15, -0.1) is 0 Å². The van der Waals surface area contributed by atoms with Crippen LogP contribution in [0.4, 0.5) is 4.39 Å². The van der Waals surface area contributed by atoms with Crippen LogP contribution in [0.15, 0.2) is 22.7 Å². The summed E-state index contributed by atoms with van der Waals surface area (Å²) in [6, 6.07) is 5.46. The standard InChI is InChI=1S/C17H25BrFN/c1-3-20-17(13-6-4-5-12(2)9-13)11-14-10-15(19)7-8-16(14)18/h7-8,10,12-13,17,20H,3-6,9,11H2,1-2H3. The fourth-order valence-electron chi connectivity index (χ4n) is 3.45. The summed E-state index contributed by atoms with van der Waals surface area (Å²) < 4.78 is 14.5. The van der Waals surface area contributed by atoms with E-state index < -0.39 is 0 Å². The fourth-order valence-corrected chi connectivity index (χ4v) is 3.86. The van der Waals surface area contributed by atoms with Crippen LogP contribution in [-0.4, -0.2) is 12.6 Å². The zero-order valence-corrected chi connectivity index (χ0v) is 14.0. The van der Waals surface area contributed by atoms with Gasteiger partial charge in [0.1, 0.15) is 5.82 Å². The molecule has 0 spiro atoms. The molecule has 1 aliphatic rings. The molecule has 0 aromatic heterocycles. The Morgan fingerprint density at radius 1 is 1.40 bits per heavy atom. The summed E-state index contributed by atoms with van der Waals surface area (Å²) in [6.07, 6.45) is 6.19. The second-order valence-corrected chi connectivity index (χ2v) is 6.99. The van der Waals surface area contributed by atoms with E-state index in [9.17, 15) is 4.39 Å². The summed E-state index contributed by atoms with van der Waals surface area (Å²) in [5, 5.41) is 3.62. The van der Waals surface area contributed by atoms with Gasteiger partial charge in [-0.2, -0.15) is 0 Å². The zero-order chi connectivity index (χ0) is 14.5. The highest BCUT2D eigenvalue weighted by Gasteiger charge is 2.26. The lowest BCUT2D eigenvalue weighted by Crippen LogP contribution is -2.40. The van der Waals surface area contributed by atoms with Crippen LogP contribution in [-0.2, 0) is 6.42 Å². The minimum absolute atomic E-state index is 0.143.